The number of para-hydroxylation sites is 2. The zero-order valence-corrected chi connectivity index (χ0v) is 17.2. The van der Waals surface area contributed by atoms with Gasteiger partial charge in [-0.15, -0.1) is 0 Å². The van der Waals surface area contributed by atoms with Gasteiger partial charge >= 0.3 is 6.09 Å². The quantitative estimate of drug-likeness (QED) is 0.719. The van der Waals surface area contributed by atoms with E-state index in [2.05, 4.69) is 20.7 Å². The maximum Gasteiger partial charge on any atom is 0.407 e. The number of anilines is 1. The van der Waals surface area contributed by atoms with E-state index in [1.807, 2.05) is 58.0 Å². The number of aryl methyl sites for hydroxylation is 1. The normalized spacial score (nSPS) is 16.9. The summed E-state index contributed by atoms with van der Waals surface area (Å²) >= 11 is 0. The lowest BCUT2D eigenvalue weighted by molar-refractivity contribution is 0.0509. The highest BCUT2D eigenvalue weighted by Crippen LogP contribution is 2.30. The number of nitrogens with one attached hydrogen (secondary N) is 1. The number of aromatic nitrogens is 2. The second-order valence-corrected chi connectivity index (χ2v) is 8.51. The fraction of sp³-hybridized carbons (Fsp3) is 0.409. The van der Waals surface area contributed by atoms with Crippen LogP contribution in [0.3, 0.4) is 0 Å². The van der Waals surface area contributed by atoms with Crippen LogP contribution < -0.4 is 10.2 Å². The van der Waals surface area contributed by atoms with Crippen LogP contribution >= 0.6 is 0 Å². The Morgan fingerprint density at radius 1 is 1.34 bits per heavy atom. The third kappa shape index (κ3) is 3.58. The number of benzene rings is 1. The number of amides is 1. The Kier molecular flexibility index (Phi) is 4.58. The van der Waals surface area contributed by atoms with Gasteiger partial charge in [-0.3, -0.25) is 4.40 Å². The molecule has 1 unspecified atom stereocenters. The Labute approximate surface area is 169 Å². The molecule has 1 amide bonds. The van der Waals surface area contributed by atoms with Gasteiger partial charge < -0.3 is 15.0 Å². The van der Waals surface area contributed by atoms with Crippen molar-refractivity contribution < 1.29 is 9.53 Å². The Morgan fingerprint density at radius 2 is 2.10 bits per heavy atom. The summed E-state index contributed by atoms with van der Waals surface area (Å²) in [6.45, 7) is 8.98. The van der Waals surface area contributed by atoms with Gasteiger partial charge in [-0.2, -0.15) is 5.26 Å². The molecule has 7 heteroatoms. The molecule has 1 aliphatic heterocycles. The van der Waals surface area contributed by atoms with Gasteiger partial charge in [0.1, 0.15) is 17.5 Å². The lowest BCUT2D eigenvalue weighted by Crippen LogP contribution is -2.40. The van der Waals surface area contributed by atoms with Crippen LogP contribution in [0, 0.1) is 18.3 Å². The van der Waals surface area contributed by atoms with E-state index < -0.39 is 11.7 Å². The molecule has 1 saturated heterocycles. The maximum atomic E-state index is 12.1. The molecule has 1 N–H and O–H groups in total. The second kappa shape index (κ2) is 6.96. The Balaban J connectivity index is 1.68. The first-order valence-corrected chi connectivity index (χ1v) is 9.82. The molecular weight excluding hydrogens is 366 g/mol. The van der Waals surface area contributed by atoms with Crippen LogP contribution in [0.1, 0.15) is 38.3 Å². The number of carbonyl (C=O) groups is 1. The highest BCUT2D eigenvalue weighted by atomic mass is 16.6. The van der Waals surface area contributed by atoms with Crippen LogP contribution in [-0.4, -0.2) is 40.2 Å². The lowest BCUT2D eigenvalue weighted by Gasteiger charge is -2.23. The maximum absolute atomic E-state index is 12.1. The van der Waals surface area contributed by atoms with Gasteiger partial charge in [0.2, 0.25) is 0 Å². The third-order valence-corrected chi connectivity index (χ3v) is 5.10. The van der Waals surface area contributed by atoms with E-state index in [9.17, 15) is 10.1 Å². The predicted molar refractivity (Wildman–Crippen MR) is 112 cm³/mol. The molecule has 3 heterocycles. The fourth-order valence-corrected chi connectivity index (χ4v) is 3.86. The Bertz CT molecular complexity index is 1140. The molecule has 0 aliphatic carbocycles. The number of alkyl carbamates (subject to hydrolysis) is 1. The van der Waals surface area contributed by atoms with E-state index in [1.54, 1.807) is 0 Å². The minimum Gasteiger partial charge on any atom is -0.444 e. The van der Waals surface area contributed by atoms with Crippen LogP contribution in [0.2, 0.25) is 0 Å². The number of nitrogens with zero attached hydrogens (tertiary/aromatic N) is 4. The fourth-order valence-electron chi connectivity index (χ4n) is 3.86. The summed E-state index contributed by atoms with van der Waals surface area (Å²) in [6, 6.07) is 12.2. The van der Waals surface area contributed by atoms with Gasteiger partial charge in [0, 0.05) is 13.1 Å². The van der Waals surface area contributed by atoms with Crippen molar-refractivity contribution in [3.63, 3.8) is 0 Å². The average molecular weight is 391 g/mol. The number of rotatable bonds is 2. The van der Waals surface area contributed by atoms with E-state index in [1.165, 1.54) is 0 Å². The first-order chi connectivity index (χ1) is 13.8. The third-order valence-electron chi connectivity index (χ3n) is 5.10. The van der Waals surface area contributed by atoms with E-state index in [-0.39, 0.29) is 6.04 Å². The molecule has 29 heavy (non-hydrogen) atoms. The standard InChI is InChI=1S/C22H25N5O2/c1-14-11-19(26-10-9-15(13-26)24-21(28)29-22(2,3)4)27-18-8-6-5-7-17(18)25-20(27)16(14)12-23/h5-8,11,15H,9-10,13H2,1-4H3,(H,24,28). The van der Waals surface area contributed by atoms with Gasteiger partial charge in [-0.1, -0.05) is 12.1 Å². The highest BCUT2D eigenvalue weighted by molar-refractivity contribution is 5.85. The summed E-state index contributed by atoms with van der Waals surface area (Å²) in [4.78, 5) is 19.1. The summed E-state index contributed by atoms with van der Waals surface area (Å²) in [5, 5.41) is 12.6. The molecule has 0 saturated carbocycles. The van der Waals surface area contributed by atoms with E-state index in [0.717, 1.165) is 35.4 Å². The van der Waals surface area contributed by atoms with Gasteiger partial charge in [0.05, 0.1) is 22.6 Å². The zero-order chi connectivity index (χ0) is 20.8. The van der Waals surface area contributed by atoms with Gasteiger partial charge in [-0.25, -0.2) is 9.78 Å². The van der Waals surface area contributed by atoms with E-state index >= 15 is 0 Å². The van der Waals surface area contributed by atoms with Crippen LogP contribution in [0.4, 0.5) is 10.6 Å². The molecule has 150 valence electrons. The van der Waals surface area contributed by atoms with Crippen LogP contribution in [0.15, 0.2) is 30.3 Å². The minimum absolute atomic E-state index is 0.00522. The molecule has 7 nitrogen and oxygen atoms in total. The predicted octanol–water partition coefficient (Wildman–Crippen LogP) is 3.77. The largest absolute Gasteiger partial charge is 0.444 e. The van der Waals surface area contributed by atoms with Gasteiger partial charge in [0.25, 0.3) is 0 Å². The number of hydrogen-bond acceptors (Lipinski definition) is 5. The summed E-state index contributed by atoms with van der Waals surface area (Å²) in [7, 11) is 0. The lowest BCUT2D eigenvalue weighted by atomic mass is 10.1. The Hall–Kier alpha value is -3.27. The smallest absolute Gasteiger partial charge is 0.407 e. The molecule has 4 rings (SSSR count). The van der Waals surface area contributed by atoms with Crippen molar-refractivity contribution in [2.24, 2.45) is 0 Å². The summed E-state index contributed by atoms with van der Waals surface area (Å²) < 4.78 is 7.44. The first-order valence-electron chi connectivity index (χ1n) is 9.82. The van der Waals surface area contributed by atoms with Gasteiger partial charge in [0.15, 0.2) is 5.65 Å². The molecule has 1 aromatic carbocycles. The molecule has 1 aliphatic rings. The van der Waals surface area contributed by atoms with Crippen LogP contribution in [-0.2, 0) is 4.74 Å². The van der Waals surface area contributed by atoms with Crippen molar-refractivity contribution in [2.45, 2.75) is 45.8 Å². The number of pyridine rings is 1. The number of carbonyl (C=O) groups excluding carboxylic acids is 1. The summed E-state index contributed by atoms with van der Waals surface area (Å²) in [5.41, 5.74) is 3.47. The van der Waals surface area contributed by atoms with Crippen molar-refractivity contribution in [1.29, 1.82) is 5.26 Å². The van der Waals surface area contributed by atoms with Crippen molar-refractivity contribution in [3.05, 3.63) is 41.5 Å². The highest BCUT2D eigenvalue weighted by Gasteiger charge is 2.28. The number of hydrogen-bond donors (Lipinski definition) is 1. The molecule has 1 fully saturated rings. The molecular formula is C22H25N5O2. The van der Waals surface area contributed by atoms with Crippen molar-refractivity contribution in [2.75, 3.05) is 18.0 Å². The zero-order valence-electron chi connectivity index (χ0n) is 17.2. The van der Waals surface area contributed by atoms with Crippen LogP contribution in [0.25, 0.3) is 16.7 Å². The molecule has 0 spiro atoms. The number of ether oxygens (including phenoxy) is 1. The second-order valence-electron chi connectivity index (χ2n) is 8.51. The molecule has 0 bridgehead atoms. The minimum atomic E-state index is -0.519. The number of nitriles is 1. The summed E-state index contributed by atoms with van der Waals surface area (Å²) in [5.74, 6) is 0.985. The van der Waals surface area contributed by atoms with Gasteiger partial charge in [-0.05, 0) is 57.9 Å². The topological polar surface area (TPSA) is 82.7 Å². The molecule has 0 radical (unpaired) electrons. The number of fused-ring (bicyclic) bond motifs is 3. The first kappa shape index (κ1) is 19.1. The van der Waals surface area contributed by atoms with Crippen molar-refractivity contribution in [1.82, 2.24) is 14.7 Å². The van der Waals surface area contributed by atoms with Crippen LogP contribution in [0.5, 0.6) is 0 Å². The number of imidazole rings is 1. The average Bonchev–Trinajstić information content (AvgIpc) is 3.24. The summed E-state index contributed by atoms with van der Waals surface area (Å²) in [6.07, 6.45) is 0.436. The van der Waals surface area contributed by atoms with Crippen molar-refractivity contribution in [3.8, 4) is 6.07 Å². The Morgan fingerprint density at radius 3 is 2.83 bits per heavy atom. The van der Waals surface area contributed by atoms with E-state index in [4.69, 9.17) is 9.72 Å². The molecule has 1 atom stereocenters. The molecule has 3 aromatic rings. The monoisotopic (exact) mass is 391 g/mol. The SMILES string of the molecule is Cc1cc(N2CCC(NC(=O)OC(C)(C)C)C2)n2c(nc3ccccc32)c1C#N. The van der Waals surface area contributed by atoms with Crippen molar-refractivity contribution >= 4 is 28.6 Å². The molecule has 2 aromatic heterocycles. The van der Waals surface area contributed by atoms with E-state index in [0.29, 0.717) is 17.8 Å².